The van der Waals surface area contributed by atoms with Crippen LogP contribution in [0.4, 0.5) is 0 Å². The van der Waals surface area contributed by atoms with Crippen LogP contribution in [0.1, 0.15) is 36.8 Å². The summed E-state index contributed by atoms with van der Waals surface area (Å²) in [5, 5.41) is 3.98. The lowest BCUT2D eigenvalue weighted by atomic mass is 10.1. The Morgan fingerprint density at radius 1 is 1.36 bits per heavy atom. The number of furan rings is 1. The van der Waals surface area contributed by atoms with Gasteiger partial charge in [-0.05, 0) is 57.5 Å². The summed E-state index contributed by atoms with van der Waals surface area (Å²) in [6, 6.07) is 5.62. The van der Waals surface area contributed by atoms with E-state index in [1.807, 2.05) is 32.0 Å². The lowest BCUT2D eigenvalue weighted by Crippen LogP contribution is -2.23. The van der Waals surface area contributed by atoms with Gasteiger partial charge in [-0.2, -0.15) is 0 Å². The minimum atomic E-state index is -0.0384. The first-order chi connectivity index (χ1) is 12.2. The summed E-state index contributed by atoms with van der Waals surface area (Å²) in [6.45, 7) is 7.65. The van der Waals surface area contributed by atoms with Crippen LogP contribution in [0.15, 0.2) is 32.6 Å². The molecule has 2 aromatic heterocycles. The Morgan fingerprint density at radius 3 is 2.92 bits per heavy atom. The van der Waals surface area contributed by atoms with Crippen molar-refractivity contribution in [2.75, 3.05) is 26.2 Å². The van der Waals surface area contributed by atoms with E-state index < -0.39 is 0 Å². The van der Waals surface area contributed by atoms with Crippen molar-refractivity contribution in [1.29, 1.82) is 0 Å². The van der Waals surface area contributed by atoms with Crippen LogP contribution in [0, 0.1) is 6.92 Å². The van der Waals surface area contributed by atoms with E-state index in [1.54, 1.807) is 6.21 Å². The molecule has 0 aliphatic carbocycles. The van der Waals surface area contributed by atoms with Crippen molar-refractivity contribution < 1.29 is 9.25 Å². The average molecular weight is 343 g/mol. The Balaban J connectivity index is 1.60. The van der Waals surface area contributed by atoms with Crippen molar-refractivity contribution in [2.45, 2.75) is 33.1 Å². The molecule has 0 spiro atoms. The Kier molecular flexibility index (Phi) is 5.71. The highest BCUT2D eigenvalue weighted by Crippen LogP contribution is 2.24. The SMILES string of the molecule is CCc1cc(-c2ccc(/C=N/OCCN3CCCC3)o2)c(C)[nH]c1=O. The largest absolute Gasteiger partial charge is 0.455 e. The molecule has 0 unspecified atom stereocenters. The summed E-state index contributed by atoms with van der Waals surface area (Å²) in [4.78, 5) is 22.4. The average Bonchev–Trinajstić information content (AvgIpc) is 3.26. The van der Waals surface area contributed by atoms with E-state index >= 15 is 0 Å². The first-order valence-electron chi connectivity index (χ1n) is 8.88. The predicted octanol–water partition coefficient (Wildman–Crippen LogP) is 2.95. The van der Waals surface area contributed by atoms with Gasteiger partial charge < -0.3 is 14.2 Å². The van der Waals surface area contributed by atoms with Gasteiger partial charge in [0.15, 0.2) is 0 Å². The molecule has 0 aromatic carbocycles. The highest BCUT2D eigenvalue weighted by Gasteiger charge is 2.11. The minimum Gasteiger partial charge on any atom is -0.455 e. The molecule has 6 heteroatoms. The van der Waals surface area contributed by atoms with Gasteiger partial charge in [0, 0.05) is 23.4 Å². The number of aromatic amines is 1. The Hall–Kier alpha value is -2.34. The number of nitrogens with zero attached hydrogens (tertiary/aromatic N) is 2. The Bertz CT molecular complexity index is 785. The van der Waals surface area contributed by atoms with Gasteiger partial charge in [-0.15, -0.1) is 0 Å². The first-order valence-corrected chi connectivity index (χ1v) is 8.88. The number of H-pyrrole nitrogens is 1. The van der Waals surface area contributed by atoms with Gasteiger partial charge in [-0.1, -0.05) is 12.1 Å². The summed E-state index contributed by atoms with van der Waals surface area (Å²) < 4.78 is 5.81. The molecule has 25 heavy (non-hydrogen) atoms. The lowest BCUT2D eigenvalue weighted by Gasteiger charge is -2.12. The number of hydrogen-bond donors (Lipinski definition) is 1. The van der Waals surface area contributed by atoms with Crippen LogP contribution in [0.2, 0.25) is 0 Å². The van der Waals surface area contributed by atoms with Crippen LogP contribution in [0.3, 0.4) is 0 Å². The zero-order valence-corrected chi connectivity index (χ0v) is 14.9. The molecule has 1 saturated heterocycles. The third-order valence-electron chi connectivity index (χ3n) is 4.54. The molecule has 0 radical (unpaired) electrons. The van der Waals surface area contributed by atoms with Crippen LogP contribution >= 0.6 is 0 Å². The van der Waals surface area contributed by atoms with E-state index in [1.165, 1.54) is 12.8 Å². The maximum atomic E-state index is 11.8. The molecular formula is C19H25N3O3. The Morgan fingerprint density at radius 2 is 2.16 bits per heavy atom. The van der Waals surface area contributed by atoms with Crippen molar-refractivity contribution in [3.8, 4) is 11.3 Å². The van der Waals surface area contributed by atoms with Gasteiger partial charge >= 0.3 is 0 Å². The van der Waals surface area contributed by atoms with Gasteiger partial charge in [-0.25, -0.2) is 0 Å². The molecule has 0 atom stereocenters. The summed E-state index contributed by atoms with van der Waals surface area (Å²) >= 11 is 0. The van der Waals surface area contributed by atoms with Crippen molar-refractivity contribution >= 4 is 6.21 Å². The van der Waals surface area contributed by atoms with Crippen molar-refractivity contribution in [1.82, 2.24) is 9.88 Å². The number of nitrogens with one attached hydrogen (secondary N) is 1. The number of aryl methyl sites for hydroxylation is 2. The van der Waals surface area contributed by atoms with Gasteiger partial charge in [-0.3, -0.25) is 9.69 Å². The number of oxime groups is 1. The fourth-order valence-electron chi connectivity index (χ4n) is 3.07. The fourth-order valence-corrected chi connectivity index (χ4v) is 3.07. The van der Waals surface area contributed by atoms with E-state index in [-0.39, 0.29) is 5.56 Å². The molecule has 3 heterocycles. The van der Waals surface area contributed by atoms with E-state index in [0.29, 0.717) is 24.5 Å². The molecule has 1 fully saturated rings. The second-order valence-corrected chi connectivity index (χ2v) is 6.33. The number of rotatable bonds is 7. The molecule has 1 aliphatic rings. The van der Waals surface area contributed by atoms with Crippen LogP contribution in [-0.4, -0.2) is 42.3 Å². The number of likely N-dealkylation sites (tertiary alicyclic amines) is 1. The smallest absolute Gasteiger partial charge is 0.251 e. The zero-order chi connectivity index (χ0) is 17.6. The van der Waals surface area contributed by atoms with Crippen LogP contribution < -0.4 is 5.56 Å². The molecule has 134 valence electrons. The predicted molar refractivity (Wildman–Crippen MR) is 98.1 cm³/mol. The summed E-state index contributed by atoms with van der Waals surface area (Å²) in [7, 11) is 0. The third-order valence-corrected chi connectivity index (χ3v) is 4.54. The number of aromatic nitrogens is 1. The maximum Gasteiger partial charge on any atom is 0.251 e. The molecule has 1 aliphatic heterocycles. The van der Waals surface area contributed by atoms with Crippen molar-refractivity contribution in [3.63, 3.8) is 0 Å². The first kappa shape index (κ1) is 17.5. The van der Waals surface area contributed by atoms with Gasteiger partial charge in [0.1, 0.15) is 24.3 Å². The van der Waals surface area contributed by atoms with E-state index in [4.69, 9.17) is 9.25 Å². The van der Waals surface area contributed by atoms with Crippen LogP contribution in [-0.2, 0) is 11.3 Å². The van der Waals surface area contributed by atoms with Gasteiger partial charge in [0.05, 0.1) is 0 Å². The maximum absolute atomic E-state index is 11.8. The molecule has 2 aromatic rings. The normalized spacial score (nSPS) is 15.3. The van der Waals surface area contributed by atoms with E-state index in [2.05, 4.69) is 15.0 Å². The molecule has 3 rings (SSSR count). The molecule has 0 saturated carbocycles. The number of pyridine rings is 1. The molecule has 6 nitrogen and oxygen atoms in total. The zero-order valence-electron chi connectivity index (χ0n) is 14.9. The van der Waals surface area contributed by atoms with Gasteiger partial charge in [0.2, 0.25) is 0 Å². The Labute approximate surface area is 147 Å². The third kappa shape index (κ3) is 4.39. The molecular weight excluding hydrogens is 318 g/mol. The summed E-state index contributed by atoms with van der Waals surface area (Å²) in [5.74, 6) is 1.33. The summed E-state index contributed by atoms with van der Waals surface area (Å²) in [5.41, 5.74) is 2.40. The van der Waals surface area contributed by atoms with Crippen molar-refractivity contribution in [3.05, 3.63) is 45.6 Å². The molecule has 1 N–H and O–H groups in total. The second kappa shape index (κ2) is 8.16. The molecule has 0 bridgehead atoms. The lowest BCUT2D eigenvalue weighted by molar-refractivity contribution is 0.120. The minimum absolute atomic E-state index is 0.0384. The topological polar surface area (TPSA) is 70.8 Å². The van der Waals surface area contributed by atoms with Crippen LogP contribution in [0.25, 0.3) is 11.3 Å². The van der Waals surface area contributed by atoms with Crippen LogP contribution in [0.5, 0.6) is 0 Å². The second-order valence-electron chi connectivity index (χ2n) is 6.33. The van der Waals surface area contributed by atoms with Crippen molar-refractivity contribution in [2.24, 2.45) is 5.16 Å². The monoisotopic (exact) mass is 343 g/mol. The standard InChI is InChI=1S/C19H25N3O3/c1-3-15-12-17(14(2)21-19(15)23)18-7-6-16(25-18)13-20-24-11-10-22-8-4-5-9-22/h6-7,12-13H,3-5,8-11H2,1-2H3,(H,21,23)/b20-13+. The van der Waals surface area contributed by atoms with E-state index in [0.717, 1.165) is 36.5 Å². The van der Waals surface area contributed by atoms with E-state index in [9.17, 15) is 4.79 Å². The quantitative estimate of drug-likeness (QED) is 0.477. The fraction of sp³-hybridized carbons (Fsp3) is 0.474. The highest BCUT2D eigenvalue weighted by atomic mass is 16.6. The number of hydrogen-bond acceptors (Lipinski definition) is 5. The van der Waals surface area contributed by atoms with Gasteiger partial charge in [0.25, 0.3) is 5.56 Å². The summed E-state index contributed by atoms with van der Waals surface area (Å²) in [6.07, 6.45) is 4.82. The molecule has 0 amide bonds. The highest BCUT2D eigenvalue weighted by molar-refractivity contribution is 5.77.